The molecule has 2 aromatic rings. The summed E-state index contributed by atoms with van der Waals surface area (Å²) in [4.78, 5) is 31.8. The van der Waals surface area contributed by atoms with Crippen LogP contribution in [-0.4, -0.2) is 82.1 Å². The highest BCUT2D eigenvalue weighted by Gasteiger charge is 2.31. The van der Waals surface area contributed by atoms with Crippen LogP contribution < -0.4 is 0 Å². The summed E-state index contributed by atoms with van der Waals surface area (Å²) in [6, 6.07) is 6.27. The standard InChI is InChI=1S/C24H30FN5O2/c25-18-7-9-19(10-8-18)30-21-6-2-1-5-20(21)23(26-30)24(32)29-15-13-27(14-16-29)17-22(31)28-11-3-4-12-28/h7-10H,1-6,11-17H2. The van der Waals surface area contributed by atoms with Crippen LogP contribution >= 0.6 is 0 Å². The molecule has 0 N–H and O–H groups in total. The summed E-state index contributed by atoms with van der Waals surface area (Å²) >= 11 is 0. The molecule has 2 aliphatic heterocycles. The summed E-state index contributed by atoms with van der Waals surface area (Å²) in [5, 5.41) is 4.72. The summed E-state index contributed by atoms with van der Waals surface area (Å²) in [5.74, 6) is -0.115. The van der Waals surface area contributed by atoms with Crippen LogP contribution in [0.25, 0.3) is 5.69 Å². The Hall–Kier alpha value is -2.74. The number of aromatic nitrogens is 2. The Bertz CT molecular complexity index is 989. The molecule has 0 atom stereocenters. The van der Waals surface area contributed by atoms with E-state index in [4.69, 9.17) is 5.10 Å². The third kappa shape index (κ3) is 4.16. The van der Waals surface area contributed by atoms with Crippen molar-refractivity contribution in [3.8, 4) is 5.69 Å². The van der Waals surface area contributed by atoms with E-state index in [1.165, 1.54) is 12.1 Å². The molecule has 3 heterocycles. The first kappa shape index (κ1) is 21.1. The van der Waals surface area contributed by atoms with Crippen molar-refractivity contribution < 1.29 is 14.0 Å². The molecule has 3 aliphatic rings. The first-order valence-corrected chi connectivity index (χ1v) is 11.8. The van der Waals surface area contributed by atoms with Crippen molar-refractivity contribution in [1.29, 1.82) is 0 Å². The van der Waals surface area contributed by atoms with Gasteiger partial charge in [0, 0.05) is 50.5 Å². The van der Waals surface area contributed by atoms with Crippen molar-refractivity contribution in [2.24, 2.45) is 0 Å². The average molecular weight is 440 g/mol. The summed E-state index contributed by atoms with van der Waals surface area (Å²) in [6.07, 6.45) is 6.04. The molecule has 2 amide bonds. The Morgan fingerprint density at radius 3 is 2.25 bits per heavy atom. The number of carbonyl (C=O) groups is 2. The van der Waals surface area contributed by atoms with Gasteiger partial charge in [-0.1, -0.05) is 0 Å². The van der Waals surface area contributed by atoms with Gasteiger partial charge in [0.05, 0.1) is 12.2 Å². The van der Waals surface area contributed by atoms with E-state index in [-0.39, 0.29) is 17.6 Å². The van der Waals surface area contributed by atoms with Gasteiger partial charge >= 0.3 is 0 Å². The van der Waals surface area contributed by atoms with Crippen LogP contribution in [0.4, 0.5) is 4.39 Å². The zero-order valence-electron chi connectivity index (χ0n) is 18.4. The van der Waals surface area contributed by atoms with E-state index < -0.39 is 0 Å². The molecular weight excluding hydrogens is 409 g/mol. The van der Waals surface area contributed by atoms with Crippen molar-refractivity contribution in [3.63, 3.8) is 0 Å². The summed E-state index contributed by atoms with van der Waals surface area (Å²) in [7, 11) is 0. The minimum absolute atomic E-state index is 0.0328. The Balaban J connectivity index is 1.28. The molecule has 32 heavy (non-hydrogen) atoms. The zero-order chi connectivity index (χ0) is 22.1. The lowest BCUT2D eigenvalue weighted by atomic mass is 9.95. The molecule has 2 fully saturated rings. The maximum absolute atomic E-state index is 13.4. The highest BCUT2D eigenvalue weighted by Crippen LogP contribution is 2.28. The molecule has 5 rings (SSSR count). The van der Waals surface area contributed by atoms with Gasteiger partial charge in [-0.15, -0.1) is 0 Å². The van der Waals surface area contributed by atoms with Crippen LogP contribution in [0.15, 0.2) is 24.3 Å². The number of nitrogens with zero attached hydrogens (tertiary/aromatic N) is 5. The van der Waals surface area contributed by atoms with Gasteiger partial charge in [0.15, 0.2) is 5.69 Å². The van der Waals surface area contributed by atoms with Gasteiger partial charge in [-0.05, 0) is 62.8 Å². The predicted octanol–water partition coefficient (Wildman–Crippen LogP) is 2.27. The third-order valence-electron chi connectivity index (χ3n) is 6.93. The Labute approximate surface area is 187 Å². The molecule has 1 aromatic heterocycles. The highest BCUT2D eigenvalue weighted by molar-refractivity contribution is 5.94. The minimum atomic E-state index is -0.285. The quantitative estimate of drug-likeness (QED) is 0.733. The number of hydrogen-bond donors (Lipinski definition) is 0. The molecule has 0 unspecified atom stereocenters. The molecule has 0 saturated carbocycles. The van der Waals surface area contributed by atoms with Gasteiger partial charge in [0.1, 0.15) is 5.82 Å². The van der Waals surface area contributed by atoms with E-state index in [2.05, 4.69) is 4.90 Å². The lowest BCUT2D eigenvalue weighted by Crippen LogP contribution is -2.51. The fourth-order valence-electron chi connectivity index (χ4n) is 5.08. The first-order chi connectivity index (χ1) is 15.6. The minimum Gasteiger partial charge on any atom is -0.342 e. The molecule has 170 valence electrons. The Morgan fingerprint density at radius 2 is 1.53 bits per heavy atom. The maximum Gasteiger partial charge on any atom is 0.274 e. The second kappa shape index (κ2) is 9.02. The van der Waals surface area contributed by atoms with Crippen LogP contribution in [0.1, 0.15) is 47.4 Å². The smallest absolute Gasteiger partial charge is 0.274 e. The molecule has 2 saturated heterocycles. The summed E-state index contributed by atoms with van der Waals surface area (Å²) in [6.45, 7) is 4.79. The zero-order valence-corrected chi connectivity index (χ0v) is 18.4. The van der Waals surface area contributed by atoms with Crippen molar-refractivity contribution in [1.82, 2.24) is 24.5 Å². The number of carbonyl (C=O) groups excluding carboxylic acids is 2. The molecule has 1 aliphatic carbocycles. The largest absolute Gasteiger partial charge is 0.342 e. The van der Waals surface area contributed by atoms with Gasteiger partial charge in [-0.25, -0.2) is 9.07 Å². The van der Waals surface area contributed by atoms with Crippen LogP contribution in [0.2, 0.25) is 0 Å². The van der Waals surface area contributed by atoms with Crippen molar-refractivity contribution in [2.75, 3.05) is 45.8 Å². The monoisotopic (exact) mass is 439 g/mol. The second-order valence-electron chi connectivity index (χ2n) is 9.03. The van der Waals surface area contributed by atoms with Crippen molar-refractivity contribution in [3.05, 3.63) is 47.0 Å². The van der Waals surface area contributed by atoms with E-state index in [1.54, 1.807) is 12.1 Å². The summed E-state index contributed by atoms with van der Waals surface area (Å²) < 4.78 is 15.2. The number of fused-ring (bicyclic) bond motifs is 1. The van der Waals surface area contributed by atoms with Gasteiger partial charge in [0.25, 0.3) is 5.91 Å². The highest BCUT2D eigenvalue weighted by atomic mass is 19.1. The van der Waals surface area contributed by atoms with E-state index in [9.17, 15) is 14.0 Å². The fourth-order valence-corrected chi connectivity index (χ4v) is 5.08. The number of likely N-dealkylation sites (tertiary alicyclic amines) is 1. The molecule has 7 nitrogen and oxygen atoms in total. The molecule has 8 heteroatoms. The molecule has 0 spiro atoms. The first-order valence-electron chi connectivity index (χ1n) is 11.8. The number of hydrogen-bond acceptors (Lipinski definition) is 4. The number of rotatable bonds is 4. The number of amides is 2. The average Bonchev–Trinajstić information content (AvgIpc) is 3.49. The number of piperazine rings is 1. The van der Waals surface area contributed by atoms with E-state index in [0.29, 0.717) is 38.4 Å². The number of benzene rings is 1. The molecule has 0 bridgehead atoms. The van der Waals surface area contributed by atoms with E-state index in [0.717, 1.165) is 68.6 Å². The molecule has 1 aromatic carbocycles. The van der Waals surface area contributed by atoms with Crippen LogP contribution in [0.3, 0.4) is 0 Å². The van der Waals surface area contributed by atoms with Gasteiger partial charge in [-0.3, -0.25) is 14.5 Å². The number of halogens is 1. The third-order valence-corrected chi connectivity index (χ3v) is 6.93. The van der Waals surface area contributed by atoms with Crippen LogP contribution in [-0.2, 0) is 17.6 Å². The van der Waals surface area contributed by atoms with Crippen molar-refractivity contribution in [2.45, 2.75) is 38.5 Å². The van der Waals surface area contributed by atoms with E-state index >= 15 is 0 Å². The lowest BCUT2D eigenvalue weighted by molar-refractivity contribution is -0.131. The molecule has 0 radical (unpaired) electrons. The van der Waals surface area contributed by atoms with Gasteiger partial charge < -0.3 is 9.80 Å². The Morgan fingerprint density at radius 1 is 0.844 bits per heavy atom. The predicted molar refractivity (Wildman–Crippen MR) is 118 cm³/mol. The van der Waals surface area contributed by atoms with Gasteiger partial charge in [0.2, 0.25) is 5.91 Å². The molecular formula is C24H30FN5O2. The summed E-state index contributed by atoms with van der Waals surface area (Å²) in [5.41, 5.74) is 3.43. The Kier molecular flexibility index (Phi) is 5.95. The van der Waals surface area contributed by atoms with Crippen LogP contribution in [0, 0.1) is 5.82 Å². The van der Waals surface area contributed by atoms with Crippen LogP contribution in [0.5, 0.6) is 0 Å². The van der Waals surface area contributed by atoms with E-state index in [1.807, 2.05) is 14.5 Å². The SMILES string of the molecule is O=C(CN1CCN(C(=O)c2nn(-c3ccc(F)cc3)c3c2CCCC3)CC1)N1CCCC1. The van der Waals surface area contributed by atoms with Gasteiger partial charge in [-0.2, -0.15) is 5.10 Å². The normalized spacial score (nSPS) is 19.3. The maximum atomic E-state index is 13.4. The van der Waals surface area contributed by atoms with Crippen molar-refractivity contribution >= 4 is 11.8 Å². The lowest BCUT2D eigenvalue weighted by Gasteiger charge is -2.34. The fraction of sp³-hybridized carbons (Fsp3) is 0.542. The topological polar surface area (TPSA) is 61.7 Å². The second-order valence-corrected chi connectivity index (χ2v) is 9.03.